The summed E-state index contributed by atoms with van der Waals surface area (Å²) in [5.41, 5.74) is 0. The first-order valence-corrected chi connectivity index (χ1v) is 3.23. The Morgan fingerprint density at radius 1 is 1.27 bits per heavy atom. The fourth-order valence-corrected chi connectivity index (χ4v) is 0.703. The van der Waals surface area contributed by atoms with Crippen LogP contribution in [0.2, 0.25) is 0 Å². The van der Waals surface area contributed by atoms with Gasteiger partial charge in [0.05, 0.1) is 6.61 Å². The normalized spacial score (nSPS) is 8.45. The van der Waals surface area contributed by atoms with Crippen molar-refractivity contribution in [2.45, 2.75) is 6.92 Å². The van der Waals surface area contributed by atoms with Crippen LogP contribution in [-0.2, 0) is 0 Å². The smallest absolute Gasteiger partial charge is 0.872 e. The van der Waals surface area contributed by atoms with Crippen molar-refractivity contribution < 1.29 is 39.4 Å². The van der Waals surface area contributed by atoms with Crippen LogP contribution in [0.3, 0.4) is 0 Å². The SMILES string of the molecule is CCOc1ccc([O-])cc1.[Na+]. The molecule has 3 heteroatoms. The Bertz CT molecular complexity index is 196. The minimum absolute atomic E-state index is 0. The van der Waals surface area contributed by atoms with Gasteiger partial charge < -0.3 is 9.84 Å². The van der Waals surface area contributed by atoms with Crippen LogP contribution in [-0.4, -0.2) is 6.61 Å². The zero-order valence-electron chi connectivity index (χ0n) is 6.83. The molecule has 0 spiro atoms. The summed E-state index contributed by atoms with van der Waals surface area (Å²) in [6.07, 6.45) is 0. The van der Waals surface area contributed by atoms with E-state index in [0.717, 1.165) is 5.75 Å². The van der Waals surface area contributed by atoms with Gasteiger partial charge in [0, 0.05) is 0 Å². The Hall–Kier alpha value is -0.180. The molecule has 1 aromatic carbocycles. The maximum absolute atomic E-state index is 10.6. The second-order valence-electron chi connectivity index (χ2n) is 1.90. The summed E-state index contributed by atoms with van der Waals surface area (Å²) in [5, 5.41) is 10.6. The van der Waals surface area contributed by atoms with Gasteiger partial charge in [-0.1, -0.05) is 12.1 Å². The van der Waals surface area contributed by atoms with E-state index in [1.165, 1.54) is 12.1 Å². The van der Waals surface area contributed by atoms with E-state index in [9.17, 15) is 5.11 Å². The Morgan fingerprint density at radius 2 is 1.82 bits per heavy atom. The van der Waals surface area contributed by atoms with E-state index in [1.54, 1.807) is 12.1 Å². The molecule has 1 rings (SSSR count). The number of rotatable bonds is 2. The number of hydrogen-bond donors (Lipinski definition) is 0. The molecule has 0 aromatic heterocycles. The van der Waals surface area contributed by atoms with Crippen molar-refractivity contribution in [3.8, 4) is 11.5 Å². The maximum Gasteiger partial charge on any atom is 1.00 e. The Kier molecular flexibility index (Phi) is 5.38. The quantitative estimate of drug-likeness (QED) is 0.476. The molecule has 0 aliphatic rings. The van der Waals surface area contributed by atoms with Crippen molar-refractivity contribution in [3.05, 3.63) is 24.3 Å². The summed E-state index contributed by atoms with van der Waals surface area (Å²) < 4.78 is 5.12. The van der Waals surface area contributed by atoms with Crippen LogP contribution in [0.5, 0.6) is 11.5 Å². The zero-order valence-corrected chi connectivity index (χ0v) is 8.83. The van der Waals surface area contributed by atoms with Crippen molar-refractivity contribution in [1.82, 2.24) is 0 Å². The zero-order chi connectivity index (χ0) is 7.40. The molecule has 2 nitrogen and oxygen atoms in total. The van der Waals surface area contributed by atoms with Crippen LogP contribution >= 0.6 is 0 Å². The minimum Gasteiger partial charge on any atom is -0.872 e. The van der Waals surface area contributed by atoms with Gasteiger partial charge in [0.1, 0.15) is 5.75 Å². The van der Waals surface area contributed by atoms with Crippen LogP contribution in [0.15, 0.2) is 24.3 Å². The van der Waals surface area contributed by atoms with Gasteiger partial charge in [0.15, 0.2) is 0 Å². The summed E-state index contributed by atoms with van der Waals surface area (Å²) in [6, 6.07) is 6.33. The van der Waals surface area contributed by atoms with E-state index in [0.29, 0.717) is 6.61 Å². The van der Waals surface area contributed by atoms with Crippen LogP contribution in [0, 0.1) is 0 Å². The van der Waals surface area contributed by atoms with E-state index in [-0.39, 0.29) is 35.3 Å². The topological polar surface area (TPSA) is 32.3 Å². The third-order valence-electron chi connectivity index (χ3n) is 1.13. The average molecular weight is 160 g/mol. The Morgan fingerprint density at radius 3 is 2.27 bits per heavy atom. The van der Waals surface area contributed by atoms with E-state index in [1.807, 2.05) is 6.92 Å². The molecule has 11 heavy (non-hydrogen) atoms. The largest absolute Gasteiger partial charge is 1.00 e. The third kappa shape index (κ3) is 3.65. The van der Waals surface area contributed by atoms with Crippen molar-refractivity contribution in [3.63, 3.8) is 0 Å². The average Bonchev–Trinajstić information content (AvgIpc) is 1.95. The second kappa shape index (κ2) is 5.47. The molecular formula is C8H9NaO2. The van der Waals surface area contributed by atoms with Crippen molar-refractivity contribution in [1.29, 1.82) is 0 Å². The number of benzene rings is 1. The molecule has 0 atom stereocenters. The molecule has 0 fully saturated rings. The standard InChI is InChI=1S/C8H10O2.Na/c1-2-10-8-5-3-7(9)4-6-8;/h3-6,9H,2H2,1H3;/q;+1/p-1. The van der Waals surface area contributed by atoms with E-state index < -0.39 is 0 Å². The molecule has 0 saturated carbocycles. The summed E-state index contributed by atoms with van der Waals surface area (Å²) in [7, 11) is 0. The van der Waals surface area contributed by atoms with Crippen molar-refractivity contribution in [2.75, 3.05) is 6.61 Å². The van der Waals surface area contributed by atoms with Gasteiger partial charge in [0.25, 0.3) is 0 Å². The molecule has 0 aliphatic heterocycles. The summed E-state index contributed by atoms with van der Waals surface area (Å²) in [6.45, 7) is 2.54. The maximum atomic E-state index is 10.6. The van der Waals surface area contributed by atoms with Crippen LogP contribution in [0.1, 0.15) is 6.92 Å². The molecule has 54 valence electrons. The molecule has 0 aliphatic carbocycles. The number of hydrogen-bond acceptors (Lipinski definition) is 2. The molecule has 0 bridgehead atoms. The molecule has 0 amide bonds. The van der Waals surface area contributed by atoms with Gasteiger partial charge in [0.2, 0.25) is 0 Å². The predicted octanol–water partition coefficient (Wildman–Crippen LogP) is -1.84. The van der Waals surface area contributed by atoms with Crippen LogP contribution in [0.4, 0.5) is 0 Å². The first-order chi connectivity index (χ1) is 4.83. The fraction of sp³-hybridized carbons (Fsp3) is 0.250. The van der Waals surface area contributed by atoms with Gasteiger partial charge in [-0.15, -0.1) is 5.75 Å². The second-order valence-corrected chi connectivity index (χ2v) is 1.90. The summed E-state index contributed by atoms with van der Waals surface area (Å²) in [4.78, 5) is 0. The van der Waals surface area contributed by atoms with Gasteiger partial charge in [-0.3, -0.25) is 0 Å². The van der Waals surface area contributed by atoms with Gasteiger partial charge >= 0.3 is 29.6 Å². The molecule has 0 unspecified atom stereocenters. The Balaban J connectivity index is 0.000001000. The Labute approximate surface area is 88.5 Å². The summed E-state index contributed by atoms with van der Waals surface area (Å²) in [5.74, 6) is 0.769. The van der Waals surface area contributed by atoms with Crippen LogP contribution in [0.25, 0.3) is 0 Å². The molecule has 0 radical (unpaired) electrons. The fourth-order valence-electron chi connectivity index (χ4n) is 0.703. The number of ether oxygens (including phenoxy) is 1. The monoisotopic (exact) mass is 160 g/mol. The summed E-state index contributed by atoms with van der Waals surface area (Å²) >= 11 is 0. The van der Waals surface area contributed by atoms with Gasteiger partial charge in [-0.25, -0.2) is 0 Å². The third-order valence-corrected chi connectivity index (χ3v) is 1.13. The van der Waals surface area contributed by atoms with Crippen LogP contribution < -0.4 is 39.4 Å². The van der Waals surface area contributed by atoms with Crippen molar-refractivity contribution in [2.24, 2.45) is 0 Å². The molecule has 1 aromatic rings. The minimum atomic E-state index is 0. The molecule has 0 N–H and O–H groups in total. The van der Waals surface area contributed by atoms with Crippen molar-refractivity contribution >= 4 is 0 Å². The van der Waals surface area contributed by atoms with E-state index >= 15 is 0 Å². The molecule has 0 saturated heterocycles. The molecular weight excluding hydrogens is 151 g/mol. The van der Waals surface area contributed by atoms with E-state index in [2.05, 4.69) is 0 Å². The van der Waals surface area contributed by atoms with E-state index in [4.69, 9.17) is 4.74 Å². The first-order valence-electron chi connectivity index (χ1n) is 3.23. The predicted molar refractivity (Wildman–Crippen MR) is 37.1 cm³/mol. The first kappa shape index (κ1) is 10.8. The molecule has 0 heterocycles. The van der Waals surface area contributed by atoms with Gasteiger partial charge in [-0.2, -0.15) is 0 Å². The van der Waals surface area contributed by atoms with Gasteiger partial charge in [-0.05, 0) is 19.1 Å².